The maximum Gasteiger partial charge on any atom is 0.134 e. The lowest BCUT2D eigenvalue weighted by atomic mass is 9.78. The highest BCUT2D eigenvalue weighted by molar-refractivity contribution is 5.85. The summed E-state index contributed by atoms with van der Waals surface area (Å²) in [4.78, 5) is 0. The van der Waals surface area contributed by atoms with Crippen LogP contribution in [-0.4, -0.2) is 0 Å². The zero-order chi connectivity index (χ0) is 21.6. The summed E-state index contributed by atoms with van der Waals surface area (Å²) in [5, 5.41) is 1.62. The molecule has 0 aliphatic heterocycles. The third-order valence-corrected chi connectivity index (χ3v) is 6.65. The number of aryl methyl sites for hydroxylation is 1. The van der Waals surface area contributed by atoms with E-state index in [-0.39, 0.29) is 5.82 Å². The molecular formula is C30H31F. The maximum absolute atomic E-state index is 15.3. The van der Waals surface area contributed by atoms with Crippen molar-refractivity contribution in [2.45, 2.75) is 57.8 Å². The monoisotopic (exact) mass is 410 g/mol. The Balaban J connectivity index is 1.52. The van der Waals surface area contributed by atoms with E-state index >= 15 is 4.39 Å². The van der Waals surface area contributed by atoms with E-state index in [2.05, 4.69) is 61.8 Å². The lowest BCUT2D eigenvalue weighted by molar-refractivity contribution is 0.369. The number of benzene rings is 3. The fourth-order valence-corrected chi connectivity index (χ4v) is 4.65. The van der Waals surface area contributed by atoms with E-state index in [4.69, 9.17) is 0 Å². The van der Waals surface area contributed by atoms with Crippen LogP contribution in [0, 0.1) is 23.6 Å². The minimum Gasteiger partial charge on any atom is -0.206 e. The molecule has 0 aromatic heterocycles. The van der Waals surface area contributed by atoms with E-state index in [0.29, 0.717) is 17.2 Å². The van der Waals surface area contributed by atoms with Crippen LogP contribution in [0.2, 0.25) is 0 Å². The van der Waals surface area contributed by atoms with Crippen molar-refractivity contribution in [3.63, 3.8) is 0 Å². The van der Waals surface area contributed by atoms with Gasteiger partial charge in [-0.25, -0.2) is 4.39 Å². The van der Waals surface area contributed by atoms with Gasteiger partial charge in [-0.2, -0.15) is 0 Å². The summed E-state index contributed by atoms with van der Waals surface area (Å²) in [5.41, 5.74) is 4.16. The van der Waals surface area contributed by atoms with Gasteiger partial charge in [0.15, 0.2) is 0 Å². The Labute approximate surface area is 186 Å². The molecule has 1 saturated carbocycles. The third kappa shape index (κ3) is 5.08. The van der Waals surface area contributed by atoms with E-state index in [9.17, 15) is 0 Å². The Morgan fingerprint density at radius 2 is 1.65 bits per heavy atom. The molecule has 158 valence electrons. The molecule has 0 amide bonds. The second-order valence-corrected chi connectivity index (χ2v) is 8.80. The number of fused-ring (bicyclic) bond motifs is 1. The standard InChI is InChI=1S/C30H31F/c1-3-5-6-23-7-9-24(10-8-23)11-12-25-15-19-29-27(21-25)18-20-28(30(29)31)26-16-13-22(4-2)14-17-26/h4,7-10,15,18-22,26H,2-3,5-6,13-14,16-17H2,1H3. The first-order chi connectivity index (χ1) is 15.2. The van der Waals surface area contributed by atoms with Crippen molar-refractivity contribution in [2.75, 3.05) is 0 Å². The second kappa shape index (κ2) is 9.97. The molecule has 31 heavy (non-hydrogen) atoms. The van der Waals surface area contributed by atoms with Crippen molar-refractivity contribution in [2.24, 2.45) is 5.92 Å². The average molecular weight is 411 g/mol. The fourth-order valence-electron chi connectivity index (χ4n) is 4.65. The lowest BCUT2D eigenvalue weighted by Gasteiger charge is -2.27. The minimum absolute atomic E-state index is 0.0540. The molecule has 0 heterocycles. The van der Waals surface area contributed by atoms with Crippen molar-refractivity contribution in [1.29, 1.82) is 0 Å². The molecule has 0 spiro atoms. The predicted octanol–water partition coefficient (Wildman–Crippen LogP) is 8.18. The summed E-state index contributed by atoms with van der Waals surface area (Å²) in [6.07, 6.45) is 9.91. The van der Waals surface area contributed by atoms with Crippen LogP contribution in [0.5, 0.6) is 0 Å². The first kappa shape index (κ1) is 21.4. The third-order valence-electron chi connectivity index (χ3n) is 6.65. The van der Waals surface area contributed by atoms with E-state index < -0.39 is 0 Å². The lowest BCUT2D eigenvalue weighted by Crippen LogP contribution is -2.12. The van der Waals surface area contributed by atoms with Gasteiger partial charge in [0.2, 0.25) is 0 Å². The zero-order valence-corrected chi connectivity index (χ0v) is 18.5. The van der Waals surface area contributed by atoms with Crippen molar-refractivity contribution < 1.29 is 4.39 Å². The van der Waals surface area contributed by atoms with Crippen LogP contribution in [0.4, 0.5) is 4.39 Å². The zero-order valence-electron chi connectivity index (χ0n) is 18.5. The van der Waals surface area contributed by atoms with Gasteiger partial charge < -0.3 is 0 Å². The SMILES string of the molecule is C=CC1CCC(c2ccc3cc(C#Cc4ccc(CCCC)cc4)ccc3c2F)CC1. The highest BCUT2D eigenvalue weighted by Crippen LogP contribution is 2.38. The Morgan fingerprint density at radius 1 is 0.935 bits per heavy atom. The number of halogens is 1. The quantitative estimate of drug-likeness (QED) is 0.294. The van der Waals surface area contributed by atoms with Crippen molar-refractivity contribution >= 4 is 10.8 Å². The van der Waals surface area contributed by atoms with E-state index in [0.717, 1.165) is 54.2 Å². The van der Waals surface area contributed by atoms with Gasteiger partial charge in [-0.15, -0.1) is 6.58 Å². The number of rotatable bonds is 5. The van der Waals surface area contributed by atoms with Crippen LogP contribution in [0.3, 0.4) is 0 Å². The molecule has 4 rings (SSSR count). The van der Waals surface area contributed by atoms with Crippen molar-refractivity contribution in [3.8, 4) is 11.8 Å². The first-order valence-corrected chi connectivity index (χ1v) is 11.6. The first-order valence-electron chi connectivity index (χ1n) is 11.6. The molecule has 0 N–H and O–H groups in total. The topological polar surface area (TPSA) is 0 Å². The van der Waals surface area contributed by atoms with Crippen LogP contribution in [0.1, 0.15) is 73.6 Å². The predicted molar refractivity (Wildman–Crippen MR) is 130 cm³/mol. The second-order valence-electron chi connectivity index (χ2n) is 8.80. The Hall–Kier alpha value is -2.85. The van der Waals surface area contributed by atoms with E-state index in [1.165, 1.54) is 18.4 Å². The summed E-state index contributed by atoms with van der Waals surface area (Å²) >= 11 is 0. The fraction of sp³-hybridized carbons (Fsp3) is 0.333. The molecule has 3 aromatic rings. The highest BCUT2D eigenvalue weighted by Gasteiger charge is 2.23. The van der Waals surface area contributed by atoms with Gasteiger partial charge in [0.1, 0.15) is 5.82 Å². The van der Waals surface area contributed by atoms with Gasteiger partial charge in [0.25, 0.3) is 0 Å². The minimum atomic E-state index is -0.0540. The summed E-state index contributed by atoms with van der Waals surface area (Å²) in [7, 11) is 0. The largest absolute Gasteiger partial charge is 0.206 e. The van der Waals surface area contributed by atoms with Crippen LogP contribution in [-0.2, 0) is 6.42 Å². The molecule has 1 aliphatic carbocycles. The van der Waals surface area contributed by atoms with Gasteiger partial charge in [0, 0.05) is 16.5 Å². The maximum atomic E-state index is 15.3. The summed E-state index contributed by atoms with van der Waals surface area (Å²) in [6.45, 7) is 6.13. The van der Waals surface area contributed by atoms with Gasteiger partial charge in [-0.05, 0) is 91.1 Å². The molecule has 0 nitrogen and oxygen atoms in total. The number of hydrogen-bond acceptors (Lipinski definition) is 0. The number of unbranched alkanes of at least 4 members (excludes halogenated alkanes) is 1. The van der Waals surface area contributed by atoms with Gasteiger partial charge >= 0.3 is 0 Å². The van der Waals surface area contributed by atoms with E-state index in [1.807, 2.05) is 24.3 Å². The molecule has 3 aromatic carbocycles. The van der Waals surface area contributed by atoms with Gasteiger partial charge in [-0.1, -0.05) is 61.6 Å². The molecule has 1 fully saturated rings. The van der Waals surface area contributed by atoms with Crippen molar-refractivity contribution in [3.05, 3.63) is 95.3 Å². The molecule has 1 aliphatic rings. The van der Waals surface area contributed by atoms with Crippen LogP contribution < -0.4 is 0 Å². The van der Waals surface area contributed by atoms with Gasteiger partial charge in [-0.3, -0.25) is 0 Å². The summed E-state index contributed by atoms with van der Waals surface area (Å²) < 4.78 is 15.3. The van der Waals surface area contributed by atoms with Gasteiger partial charge in [0.05, 0.1) is 0 Å². The Kier molecular flexibility index (Phi) is 6.88. The van der Waals surface area contributed by atoms with Crippen LogP contribution in [0.25, 0.3) is 10.8 Å². The summed E-state index contributed by atoms with van der Waals surface area (Å²) in [5.74, 6) is 7.34. The molecule has 0 atom stereocenters. The molecule has 0 unspecified atom stereocenters. The van der Waals surface area contributed by atoms with Crippen LogP contribution in [0.15, 0.2) is 67.3 Å². The molecular weight excluding hydrogens is 379 g/mol. The normalized spacial score (nSPS) is 18.4. The molecule has 1 heteroatoms. The smallest absolute Gasteiger partial charge is 0.134 e. The molecule has 0 radical (unpaired) electrons. The van der Waals surface area contributed by atoms with E-state index in [1.54, 1.807) is 0 Å². The number of hydrogen-bond donors (Lipinski definition) is 0. The average Bonchev–Trinajstić information content (AvgIpc) is 2.82. The summed E-state index contributed by atoms with van der Waals surface area (Å²) in [6, 6.07) is 18.4. The van der Waals surface area contributed by atoms with Crippen LogP contribution >= 0.6 is 0 Å². The number of allylic oxidation sites excluding steroid dienone is 1. The molecule has 0 saturated heterocycles. The Bertz CT molecular complexity index is 1100. The van der Waals surface area contributed by atoms with Crippen molar-refractivity contribution in [1.82, 2.24) is 0 Å². The Morgan fingerprint density at radius 3 is 2.35 bits per heavy atom. The molecule has 0 bridgehead atoms. The highest BCUT2D eigenvalue weighted by atomic mass is 19.1.